The molecule has 0 unspecified atom stereocenters. The number of thiophene rings is 1. The maximum Gasteiger partial charge on any atom is 0.141 e. The van der Waals surface area contributed by atoms with Crippen LogP contribution in [0.2, 0.25) is 0 Å². The monoisotopic (exact) mass is 140 g/mol. The smallest absolute Gasteiger partial charge is 0.141 e. The summed E-state index contributed by atoms with van der Waals surface area (Å²) in [6.07, 6.45) is 0. The van der Waals surface area contributed by atoms with Crippen LogP contribution in [-0.4, -0.2) is 0 Å². The Kier molecular flexibility index (Phi) is 1.62. The zero-order chi connectivity index (χ0) is 6.85. The van der Waals surface area contributed by atoms with E-state index in [1.54, 1.807) is 11.3 Å². The molecule has 9 heavy (non-hydrogen) atoms. The van der Waals surface area contributed by atoms with E-state index in [0.29, 0.717) is 0 Å². The van der Waals surface area contributed by atoms with Crippen molar-refractivity contribution in [3.05, 3.63) is 16.5 Å². The summed E-state index contributed by atoms with van der Waals surface area (Å²) in [5, 5.41) is 4.19. The second-order valence-electron chi connectivity index (χ2n) is 1.96. The Morgan fingerprint density at radius 1 is 1.56 bits per heavy atom. The van der Waals surface area contributed by atoms with E-state index in [4.69, 9.17) is 5.53 Å². The molecular formula is C6H8N2S. The van der Waals surface area contributed by atoms with Gasteiger partial charge < -0.3 is 0 Å². The van der Waals surface area contributed by atoms with Gasteiger partial charge in [0.2, 0.25) is 0 Å². The third-order valence-electron chi connectivity index (χ3n) is 1.12. The highest BCUT2D eigenvalue weighted by Gasteiger charge is 1.98. The Balaban J connectivity index is 3.15. The minimum atomic E-state index is 0.826. The molecule has 0 radical (unpaired) electrons. The molecule has 0 bridgehead atoms. The van der Waals surface area contributed by atoms with Gasteiger partial charge in [-0.25, -0.2) is 5.53 Å². The molecule has 1 N–H and O–H groups in total. The fourth-order valence-electron chi connectivity index (χ4n) is 0.740. The summed E-state index contributed by atoms with van der Waals surface area (Å²) < 4.78 is 0. The van der Waals surface area contributed by atoms with E-state index in [9.17, 15) is 0 Å². The van der Waals surface area contributed by atoms with E-state index in [2.05, 4.69) is 5.11 Å². The van der Waals surface area contributed by atoms with Gasteiger partial charge in [0.25, 0.3) is 0 Å². The van der Waals surface area contributed by atoms with E-state index >= 15 is 0 Å². The van der Waals surface area contributed by atoms with Crippen LogP contribution in [0.5, 0.6) is 0 Å². The average molecular weight is 140 g/mol. The molecule has 1 aromatic rings. The van der Waals surface area contributed by atoms with Crippen LogP contribution in [0.1, 0.15) is 10.4 Å². The predicted octanol–water partition coefficient (Wildman–Crippen LogP) is 3.03. The Morgan fingerprint density at radius 3 is 2.44 bits per heavy atom. The predicted molar refractivity (Wildman–Crippen MR) is 38.6 cm³/mol. The molecule has 0 aliphatic carbocycles. The van der Waals surface area contributed by atoms with E-state index in [-0.39, 0.29) is 0 Å². The molecule has 0 saturated carbocycles. The lowest BCUT2D eigenvalue weighted by atomic mass is 10.3. The molecule has 0 aromatic carbocycles. The van der Waals surface area contributed by atoms with Gasteiger partial charge >= 0.3 is 0 Å². The molecule has 1 aromatic heterocycles. The summed E-state index contributed by atoms with van der Waals surface area (Å²) in [5.74, 6) is 0. The molecule has 1 heterocycles. The van der Waals surface area contributed by atoms with Gasteiger partial charge in [0.1, 0.15) is 5.00 Å². The van der Waals surface area contributed by atoms with Crippen molar-refractivity contribution in [1.82, 2.24) is 0 Å². The van der Waals surface area contributed by atoms with Gasteiger partial charge in [0.05, 0.1) is 0 Å². The minimum Gasteiger partial charge on any atom is -0.203 e. The molecule has 0 spiro atoms. The van der Waals surface area contributed by atoms with Crippen LogP contribution in [0.15, 0.2) is 11.2 Å². The average Bonchev–Trinajstić information content (AvgIpc) is 2.10. The van der Waals surface area contributed by atoms with Crippen molar-refractivity contribution in [3.63, 3.8) is 0 Å². The van der Waals surface area contributed by atoms with Gasteiger partial charge in [-0.2, -0.15) is 0 Å². The first-order chi connectivity index (χ1) is 4.24. The lowest BCUT2D eigenvalue weighted by Gasteiger charge is -1.80. The van der Waals surface area contributed by atoms with Crippen molar-refractivity contribution in [3.8, 4) is 0 Å². The third kappa shape index (κ3) is 1.16. The topological polar surface area (TPSA) is 36.2 Å². The van der Waals surface area contributed by atoms with Crippen LogP contribution in [0.4, 0.5) is 5.00 Å². The lowest BCUT2D eigenvalue weighted by molar-refractivity contribution is 1.16. The summed E-state index contributed by atoms with van der Waals surface area (Å²) in [4.78, 5) is 1.22. The maximum atomic E-state index is 6.73. The van der Waals surface area contributed by atoms with Crippen LogP contribution in [0.25, 0.3) is 0 Å². The Labute approximate surface area is 58.0 Å². The summed E-state index contributed by atoms with van der Waals surface area (Å²) in [6.45, 7) is 3.99. The second kappa shape index (κ2) is 2.27. The zero-order valence-corrected chi connectivity index (χ0v) is 6.25. The van der Waals surface area contributed by atoms with E-state index in [1.165, 1.54) is 4.88 Å². The highest BCUT2D eigenvalue weighted by molar-refractivity contribution is 7.15. The molecular weight excluding hydrogens is 132 g/mol. The summed E-state index contributed by atoms with van der Waals surface area (Å²) in [6, 6.07) is 2.04. The number of rotatable bonds is 1. The van der Waals surface area contributed by atoms with Crippen molar-refractivity contribution in [2.75, 3.05) is 0 Å². The largest absolute Gasteiger partial charge is 0.203 e. The van der Waals surface area contributed by atoms with Gasteiger partial charge in [-0.1, -0.05) is 0 Å². The van der Waals surface area contributed by atoms with Crippen molar-refractivity contribution >= 4 is 16.3 Å². The van der Waals surface area contributed by atoms with Crippen LogP contribution in [0.3, 0.4) is 0 Å². The summed E-state index contributed by atoms with van der Waals surface area (Å²) >= 11 is 1.56. The van der Waals surface area contributed by atoms with E-state index < -0.39 is 0 Å². The van der Waals surface area contributed by atoms with Crippen molar-refractivity contribution in [2.24, 2.45) is 5.11 Å². The van der Waals surface area contributed by atoms with Gasteiger partial charge in [-0.15, -0.1) is 16.5 Å². The SMILES string of the molecule is Cc1cc(C)c(N=N)s1. The molecule has 0 fully saturated rings. The number of nitrogens with one attached hydrogen (secondary N) is 1. The quantitative estimate of drug-likeness (QED) is 0.582. The van der Waals surface area contributed by atoms with Crippen molar-refractivity contribution in [2.45, 2.75) is 13.8 Å². The van der Waals surface area contributed by atoms with Crippen LogP contribution >= 0.6 is 11.3 Å². The number of nitrogens with zero attached hydrogens (tertiary/aromatic N) is 1. The summed E-state index contributed by atoms with van der Waals surface area (Å²) in [7, 11) is 0. The van der Waals surface area contributed by atoms with Gasteiger partial charge in [-0.05, 0) is 25.5 Å². The van der Waals surface area contributed by atoms with Crippen molar-refractivity contribution < 1.29 is 0 Å². The van der Waals surface area contributed by atoms with Gasteiger partial charge in [-0.3, -0.25) is 0 Å². The first kappa shape index (κ1) is 6.42. The lowest BCUT2D eigenvalue weighted by Crippen LogP contribution is -1.57. The molecule has 0 atom stereocenters. The Morgan fingerprint density at radius 2 is 2.22 bits per heavy atom. The van der Waals surface area contributed by atoms with Crippen LogP contribution in [0, 0.1) is 19.4 Å². The highest BCUT2D eigenvalue weighted by atomic mass is 32.1. The maximum absolute atomic E-state index is 6.73. The van der Waals surface area contributed by atoms with Crippen LogP contribution in [-0.2, 0) is 0 Å². The first-order valence-corrected chi connectivity index (χ1v) is 3.50. The molecule has 0 saturated heterocycles. The Hall–Kier alpha value is -0.700. The fourth-order valence-corrected chi connectivity index (χ4v) is 1.55. The fraction of sp³-hybridized carbons (Fsp3) is 0.333. The minimum absolute atomic E-state index is 0.826. The molecule has 0 aliphatic heterocycles. The molecule has 0 amide bonds. The Bertz CT molecular complexity index is 227. The molecule has 48 valence electrons. The molecule has 3 heteroatoms. The first-order valence-electron chi connectivity index (χ1n) is 2.68. The van der Waals surface area contributed by atoms with Crippen LogP contribution < -0.4 is 0 Å². The number of aryl methyl sites for hydroxylation is 2. The summed E-state index contributed by atoms with van der Waals surface area (Å²) in [5.41, 5.74) is 7.84. The van der Waals surface area contributed by atoms with Crippen molar-refractivity contribution in [1.29, 1.82) is 5.53 Å². The number of hydrogen-bond donors (Lipinski definition) is 1. The second-order valence-corrected chi connectivity index (χ2v) is 3.19. The molecule has 1 rings (SSSR count). The van der Waals surface area contributed by atoms with E-state index in [1.807, 2.05) is 19.9 Å². The zero-order valence-electron chi connectivity index (χ0n) is 5.43. The van der Waals surface area contributed by atoms with E-state index in [0.717, 1.165) is 10.6 Å². The van der Waals surface area contributed by atoms with Gasteiger partial charge in [0, 0.05) is 4.88 Å². The third-order valence-corrected chi connectivity index (χ3v) is 2.16. The molecule has 0 aliphatic rings. The number of hydrogen-bond acceptors (Lipinski definition) is 3. The molecule has 2 nitrogen and oxygen atoms in total. The highest BCUT2D eigenvalue weighted by Crippen LogP contribution is 2.28. The standard InChI is InChI=1S/C6H8N2S/c1-4-3-5(2)9-6(4)8-7/h3,7H,1-2H3. The normalized spacial score (nSPS) is 9.56. The van der Waals surface area contributed by atoms with Gasteiger partial charge in [0.15, 0.2) is 0 Å².